The first-order chi connectivity index (χ1) is 13.6. The lowest BCUT2D eigenvalue weighted by Gasteiger charge is -2.43. The minimum atomic E-state index is -0.842. The van der Waals surface area contributed by atoms with Gasteiger partial charge in [0.05, 0.1) is 26.2 Å². The Morgan fingerprint density at radius 3 is 2.75 bits per heavy atom. The number of hydrogen-bond acceptors (Lipinski definition) is 2. The molecule has 1 aromatic carbocycles. The number of rotatable bonds is 3. The van der Waals surface area contributed by atoms with Gasteiger partial charge in [0.15, 0.2) is 0 Å². The van der Waals surface area contributed by atoms with Gasteiger partial charge in [-0.15, -0.1) is 0 Å². The fourth-order valence-corrected chi connectivity index (χ4v) is 5.15. The van der Waals surface area contributed by atoms with Gasteiger partial charge in [-0.05, 0) is 31.0 Å². The molecular weight excluding hydrogens is 359 g/mol. The van der Waals surface area contributed by atoms with Crippen molar-refractivity contribution in [1.29, 1.82) is 0 Å². The van der Waals surface area contributed by atoms with Crippen LogP contribution in [0.1, 0.15) is 44.9 Å². The number of nitrogens with zero attached hydrogens (tertiary/aromatic N) is 1. The quantitative estimate of drug-likeness (QED) is 0.734. The Hall–Kier alpha value is -2.15. The maximum Gasteiger partial charge on any atom is 0.320 e. The van der Waals surface area contributed by atoms with Gasteiger partial charge in [0.2, 0.25) is 5.91 Å². The zero-order chi connectivity index (χ0) is 19.6. The van der Waals surface area contributed by atoms with Crippen molar-refractivity contribution in [1.82, 2.24) is 10.2 Å². The number of hydrogen-bond donors (Lipinski definition) is 3. The van der Waals surface area contributed by atoms with Crippen LogP contribution in [0, 0.1) is 5.82 Å². The number of amides is 3. The molecule has 3 fully saturated rings. The standard InChI is InChI=1S/C21H29FN4O2/c22-16-6-4-7-17(14-16)23-20(28)24-21(9-2-1-3-10-21)19(27)26-13-12-25-11-5-8-18(25)15-26/h4,6-7,14,18H,1-3,5,8-13,15H2,(H2,23,24,28)/p+1/t18-/m1/s1. The number of carbonyl (C=O) groups is 2. The topological polar surface area (TPSA) is 65.9 Å². The number of halogens is 1. The van der Waals surface area contributed by atoms with E-state index in [1.807, 2.05) is 4.90 Å². The van der Waals surface area contributed by atoms with Gasteiger partial charge in [0.1, 0.15) is 17.4 Å². The average molecular weight is 389 g/mol. The Kier molecular flexibility index (Phi) is 5.53. The second-order valence-electron chi connectivity index (χ2n) is 8.48. The Labute approximate surface area is 165 Å². The number of carbonyl (C=O) groups excluding carboxylic acids is 2. The molecule has 7 heteroatoms. The highest BCUT2D eigenvalue weighted by atomic mass is 19.1. The Morgan fingerprint density at radius 1 is 1.14 bits per heavy atom. The van der Waals surface area contributed by atoms with Crippen LogP contribution < -0.4 is 15.5 Å². The summed E-state index contributed by atoms with van der Waals surface area (Å²) < 4.78 is 13.4. The second kappa shape index (κ2) is 8.07. The van der Waals surface area contributed by atoms with Crippen molar-refractivity contribution in [3.63, 3.8) is 0 Å². The summed E-state index contributed by atoms with van der Waals surface area (Å²) in [5.74, 6) is -0.342. The molecule has 0 spiro atoms. The highest BCUT2D eigenvalue weighted by Gasteiger charge is 2.46. The smallest absolute Gasteiger partial charge is 0.320 e. The molecule has 3 amide bonds. The summed E-state index contributed by atoms with van der Waals surface area (Å²) in [4.78, 5) is 29.8. The number of urea groups is 1. The molecule has 152 valence electrons. The van der Waals surface area contributed by atoms with Crippen LogP contribution in [-0.4, -0.2) is 54.6 Å². The van der Waals surface area contributed by atoms with Crippen molar-refractivity contribution in [3.8, 4) is 0 Å². The highest BCUT2D eigenvalue weighted by Crippen LogP contribution is 2.31. The SMILES string of the molecule is O=C(Nc1cccc(F)c1)NC1(C(=O)N2CC[NH+]3CCC[C@@H]3C2)CCCCC1. The average Bonchev–Trinajstić information content (AvgIpc) is 3.15. The Morgan fingerprint density at radius 2 is 1.96 bits per heavy atom. The van der Waals surface area contributed by atoms with Crippen LogP contribution in [0.25, 0.3) is 0 Å². The molecule has 0 aromatic heterocycles. The highest BCUT2D eigenvalue weighted by molar-refractivity contribution is 5.96. The summed E-state index contributed by atoms with van der Waals surface area (Å²) >= 11 is 0. The Balaban J connectivity index is 1.46. The third-order valence-electron chi connectivity index (χ3n) is 6.61. The van der Waals surface area contributed by atoms with E-state index in [1.54, 1.807) is 17.0 Å². The molecule has 3 N–H and O–H groups in total. The predicted molar refractivity (Wildman–Crippen MR) is 105 cm³/mol. The number of fused-ring (bicyclic) bond motifs is 1. The van der Waals surface area contributed by atoms with Gasteiger partial charge >= 0.3 is 6.03 Å². The van der Waals surface area contributed by atoms with Crippen molar-refractivity contribution in [2.24, 2.45) is 0 Å². The van der Waals surface area contributed by atoms with Gasteiger partial charge in [-0.2, -0.15) is 0 Å². The predicted octanol–water partition coefficient (Wildman–Crippen LogP) is 1.54. The van der Waals surface area contributed by atoms with Gasteiger partial charge in [-0.25, -0.2) is 9.18 Å². The molecule has 6 nitrogen and oxygen atoms in total. The van der Waals surface area contributed by atoms with Crippen LogP contribution in [0.3, 0.4) is 0 Å². The van der Waals surface area contributed by atoms with E-state index in [-0.39, 0.29) is 5.91 Å². The van der Waals surface area contributed by atoms with Crippen LogP contribution in [0.4, 0.5) is 14.9 Å². The van der Waals surface area contributed by atoms with E-state index in [4.69, 9.17) is 0 Å². The lowest BCUT2D eigenvalue weighted by Crippen LogP contribution is -3.16. The minimum Gasteiger partial charge on any atom is -0.330 e. The van der Waals surface area contributed by atoms with E-state index >= 15 is 0 Å². The van der Waals surface area contributed by atoms with E-state index in [0.717, 1.165) is 38.9 Å². The van der Waals surface area contributed by atoms with Crippen LogP contribution in [0.5, 0.6) is 0 Å². The van der Waals surface area contributed by atoms with E-state index in [9.17, 15) is 14.0 Å². The van der Waals surface area contributed by atoms with Crippen LogP contribution in [0.15, 0.2) is 24.3 Å². The molecule has 3 aliphatic rings. The summed E-state index contributed by atoms with van der Waals surface area (Å²) in [6.07, 6.45) is 6.70. The van der Waals surface area contributed by atoms with E-state index in [2.05, 4.69) is 10.6 Å². The largest absolute Gasteiger partial charge is 0.330 e. The zero-order valence-corrected chi connectivity index (χ0v) is 16.3. The molecule has 2 aliphatic heterocycles. The molecule has 28 heavy (non-hydrogen) atoms. The summed E-state index contributed by atoms with van der Waals surface area (Å²) in [5, 5.41) is 5.67. The fourth-order valence-electron chi connectivity index (χ4n) is 5.15. The monoisotopic (exact) mass is 389 g/mol. The third-order valence-corrected chi connectivity index (χ3v) is 6.61. The first kappa shape index (κ1) is 19.2. The van der Waals surface area contributed by atoms with Gasteiger partial charge in [-0.1, -0.05) is 25.3 Å². The first-order valence-electron chi connectivity index (χ1n) is 10.5. The normalized spacial score (nSPS) is 26.4. The summed E-state index contributed by atoms with van der Waals surface area (Å²) in [6, 6.07) is 5.90. The van der Waals surface area contributed by atoms with Gasteiger partial charge < -0.3 is 20.4 Å². The molecule has 1 unspecified atom stereocenters. The van der Waals surface area contributed by atoms with Crippen LogP contribution in [-0.2, 0) is 4.79 Å². The van der Waals surface area contributed by atoms with Crippen LogP contribution >= 0.6 is 0 Å². The molecular formula is C21H30FN4O2+. The van der Waals surface area contributed by atoms with Crippen molar-refractivity contribution in [2.75, 3.05) is 31.5 Å². The molecule has 2 atom stereocenters. The minimum absolute atomic E-state index is 0.0625. The second-order valence-corrected chi connectivity index (χ2v) is 8.48. The van der Waals surface area contributed by atoms with Gasteiger partial charge in [0.25, 0.3) is 0 Å². The summed E-state index contributed by atoms with van der Waals surface area (Å²) in [6.45, 7) is 3.77. The molecule has 2 saturated heterocycles. The molecule has 0 radical (unpaired) electrons. The number of piperazine rings is 1. The fraction of sp³-hybridized carbons (Fsp3) is 0.619. The molecule has 1 aliphatic carbocycles. The number of quaternary nitrogens is 1. The lowest BCUT2D eigenvalue weighted by molar-refractivity contribution is -0.916. The zero-order valence-electron chi connectivity index (χ0n) is 16.3. The van der Waals surface area contributed by atoms with Crippen molar-refractivity contribution < 1.29 is 18.9 Å². The lowest BCUT2D eigenvalue weighted by atomic mass is 9.80. The summed E-state index contributed by atoms with van der Waals surface area (Å²) in [7, 11) is 0. The van der Waals surface area contributed by atoms with Crippen molar-refractivity contribution >= 4 is 17.6 Å². The van der Waals surface area contributed by atoms with Gasteiger partial charge in [0, 0.05) is 18.5 Å². The number of benzene rings is 1. The maximum absolute atomic E-state index is 13.5. The van der Waals surface area contributed by atoms with E-state index < -0.39 is 17.4 Å². The van der Waals surface area contributed by atoms with Gasteiger partial charge in [-0.3, -0.25) is 4.79 Å². The maximum atomic E-state index is 13.5. The molecule has 1 saturated carbocycles. The molecule has 2 heterocycles. The Bertz CT molecular complexity index is 735. The van der Waals surface area contributed by atoms with E-state index in [0.29, 0.717) is 24.6 Å². The molecule has 4 rings (SSSR count). The third kappa shape index (κ3) is 3.99. The molecule has 0 bridgehead atoms. The van der Waals surface area contributed by atoms with Crippen molar-refractivity contribution in [3.05, 3.63) is 30.1 Å². The molecule has 1 aromatic rings. The number of anilines is 1. The number of nitrogens with one attached hydrogen (secondary N) is 3. The summed E-state index contributed by atoms with van der Waals surface area (Å²) in [5.41, 5.74) is -0.453. The van der Waals surface area contributed by atoms with Crippen LogP contribution in [0.2, 0.25) is 0 Å². The first-order valence-corrected chi connectivity index (χ1v) is 10.5. The van der Waals surface area contributed by atoms with E-state index in [1.165, 1.54) is 31.5 Å². The van der Waals surface area contributed by atoms with Crippen molar-refractivity contribution in [2.45, 2.75) is 56.5 Å².